The topological polar surface area (TPSA) is 40.5 Å². The summed E-state index contributed by atoms with van der Waals surface area (Å²) in [5.74, 6) is 0.000888. The molecule has 0 radical (unpaired) electrons. The second-order valence-corrected chi connectivity index (χ2v) is 5.64. The van der Waals surface area contributed by atoms with Crippen LogP contribution in [0.3, 0.4) is 0 Å². The molecule has 0 aliphatic carbocycles. The molecular weight excluding hydrogens is 294 g/mol. The molecule has 1 heterocycles. The van der Waals surface area contributed by atoms with Gasteiger partial charge in [-0.25, -0.2) is 0 Å². The Morgan fingerprint density at radius 2 is 1.72 bits per heavy atom. The lowest BCUT2D eigenvalue weighted by molar-refractivity contribution is 0.0739. The minimum Gasteiger partial charge on any atom is -0.507 e. The molecule has 0 aromatic heterocycles. The lowest BCUT2D eigenvalue weighted by atomic mass is 10.1. The van der Waals surface area contributed by atoms with Crippen LogP contribution in [0.2, 0.25) is 0 Å². The van der Waals surface area contributed by atoms with Gasteiger partial charge >= 0.3 is 0 Å². The number of phenols is 1. The number of carbonyl (C=O) groups is 1. The number of phenolic OH excluding ortho intramolecular Hbond substituents is 1. The molecule has 0 bridgehead atoms. The van der Waals surface area contributed by atoms with Crippen LogP contribution >= 0.6 is 15.9 Å². The highest BCUT2D eigenvalue weighted by Gasteiger charge is 2.19. The van der Waals surface area contributed by atoms with Gasteiger partial charge in [-0.1, -0.05) is 35.2 Å². The average molecular weight is 312 g/mol. The van der Waals surface area contributed by atoms with E-state index < -0.39 is 0 Å². The smallest absolute Gasteiger partial charge is 0.257 e. The van der Waals surface area contributed by atoms with E-state index in [2.05, 4.69) is 15.9 Å². The number of rotatable bonds is 1. The molecule has 3 nitrogen and oxygen atoms in total. The van der Waals surface area contributed by atoms with Crippen molar-refractivity contribution in [2.75, 3.05) is 13.1 Å². The van der Waals surface area contributed by atoms with E-state index in [0.717, 1.165) is 30.4 Å². The summed E-state index contributed by atoms with van der Waals surface area (Å²) in [6, 6.07) is 4.98. The third-order valence-corrected chi connectivity index (χ3v) is 3.83. The molecular formula is C14H18BrNO2. The molecule has 0 atom stereocenters. The first-order chi connectivity index (χ1) is 8.68. The van der Waals surface area contributed by atoms with Crippen LogP contribution in [-0.2, 0) is 0 Å². The highest BCUT2D eigenvalue weighted by atomic mass is 79.9. The first kappa shape index (κ1) is 13.4. The Hall–Kier alpha value is -1.03. The molecule has 1 N–H and O–H groups in total. The number of hydrogen-bond acceptors (Lipinski definition) is 2. The molecule has 1 aromatic rings. The number of halogens is 1. The standard InChI is InChI=1S/C14H18BrNO2/c15-11-6-7-13(17)12(10-11)14(18)16-8-4-2-1-3-5-9-16/h6-7,10,17H,1-5,8-9H2. The Bertz CT molecular complexity index is 426. The summed E-state index contributed by atoms with van der Waals surface area (Å²) in [4.78, 5) is 14.2. The zero-order valence-electron chi connectivity index (χ0n) is 10.4. The zero-order chi connectivity index (χ0) is 13.0. The van der Waals surface area contributed by atoms with Crippen molar-refractivity contribution < 1.29 is 9.90 Å². The maximum atomic E-state index is 12.4. The summed E-state index contributed by atoms with van der Waals surface area (Å²) in [6.45, 7) is 1.59. The molecule has 1 fully saturated rings. The van der Waals surface area contributed by atoms with E-state index in [1.165, 1.54) is 19.3 Å². The van der Waals surface area contributed by atoms with Gasteiger partial charge in [0.1, 0.15) is 5.75 Å². The predicted molar refractivity (Wildman–Crippen MR) is 74.8 cm³/mol. The van der Waals surface area contributed by atoms with Gasteiger partial charge in [-0.2, -0.15) is 0 Å². The first-order valence-corrected chi connectivity index (χ1v) is 7.25. The number of amides is 1. The number of carbonyl (C=O) groups excluding carboxylic acids is 1. The molecule has 98 valence electrons. The Labute approximate surface area is 116 Å². The summed E-state index contributed by atoms with van der Waals surface area (Å²) in [6.07, 6.45) is 5.76. The van der Waals surface area contributed by atoms with Crippen molar-refractivity contribution in [3.05, 3.63) is 28.2 Å². The third kappa shape index (κ3) is 3.25. The van der Waals surface area contributed by atoms with Gasteiger partial charge in [-0.3, -0.25) is 4.79 Å². The summed E-state index contributed by atoms with van der Waals surface area (Å²) in [7, 11) is 0. The Morgan fingerprint density at radius 1 is 1.11 bits per heavy atom. The quantitative estimate of drug-likeness (QED) is 0.861. The van der Waals surface area contributed by atoms with Gasteiger partial charge in [0.15, 0.2) is 0 Å². The second kappa shape index (κ2) is 6.23. The summed E-state index contributed by atoms with van der Waals surface area (Å²) < 4.78 is 0.815. The van der Waals surface area contributed by atoms with Crippen LogP contribution in [0.1, 0.15) is 42.5 Å². The maximum Gasteiger partial charge on any atom is 0.257 e. The monoisotopic (exact) mass is 311 g/mol. The molecule has 0 unspecified atom stereocenters. The fourth-order valence-corrected chi connectivity index (χ4v) is 2.66. The van der Waals surface area contributed by atoms with Gasteiger partial charge in [0.2, 0.25) is 0 Å². The highest BCUT2D eigenvalue weighted by Crippen LogP contribution is 2.24. The van der Waals surface area contributed by atoms with Crippen molar-refractivity contribution in [3.8, 4) is 5.75 Å². The van der Waals surface area contributed by atoms with E-state index in [4.69, 9.17) is 0 Å². The molecule has 0 saturated carbocycles. The number of hydrogen-bond donors (Lipinski definition) is 1. The Kier molecular flexibility index (Phi) is 4.64. The highest BCUT2D eigenvalue weighted by molar-refractivity contribution is 9.10. The Balaban J connectivity index is 2.15. The van der Waals surface area contributed by atoms with E-state index in [9.17, 15) is 9.90 Å². The Morgan fingerprint density at radius 3 is 2.39 bits per heavy atom. The number of aromatic hydroxyl groups is 1. The van der Waals surface area contributed by atoms with Crippen LogP contribution in [0.4, 0.5) is 0 Å². The SMILES string of the molecule is O=C(c1cc(Br)ccc1O)N1CCCCCCC1. The summed E-state index contributed by atoms with van der Waals surface area (Å²) >= 11 is 3.33. The van der Waals surface area contributed by atoms with Crippen LogP contribution in [0.5, 0.6) is 5.75 Å². The van der Waals surface area contributed by atoms with Crippen LogP contribution < -0.4 is 0 Å². The van der Waals surface area contributed by atoms with Crippen LogP contribution in [-0.4, -0.2) is 29.0 Å². The van der Waals surface area contributed by atoms with E-state index in [0.29, 0.717) is 5.56 Å². The first-order valence-electron chi connectivity index (χ1n) is 6.46. The minimum absolute atomic E-state index is 0.0595. The molecule has 0 spiro atoms. The van der Waals surface area contributed by atoms with Crippen molar-refractivity contribution in [2.45, 2.75) is 32.1 Å². The normalized spacial score (nSPS) is 17.1. The summed E-state index contributed by atoms with van der Waals surface area (Å²) in [5, 5.41) is 9.79. The third-order valence-electron chi connectivity index (χ3n) is 3.33. The van der Waals surface area contributed by atoms with Crippen molar-refractivity contribution in [1.29, 1.82) is 0 Å². The van der Waals surface area contributed by atoms with Gasteiger partial charge in [-0.05, 0) is 31.0 Å². The molecule has 4 heteroatoms. The summed E-state index contributed by atoms with van der Waals surface area (Å²) in [5.41, 5.74) is 0.393. The van der Waals surface area contributed by atoms with E-state index in [1.807, 2.05) is 4.90 Å². The number of likely N-dealkylation sites (tertiary alicyclic amines) is 1. The average Bonchev–Trinajstić information content (AvgIpc) is 2.31. The van der Waals surface area contributed by atoms with Crippen molar-refractivity contribution in [3.63, 3.8) is 0 Å². The largest absolute Gasteiger partial charge is 0.507 e. The van der Waals surface area contributed by atoms with E-state index in [-0.39, 0.29) is 11.7 Å². The van der Waals surface area contributed by atoms with Crippen molar-refractivity contribution in [1.82, 2.24) is 4.90 Å². The molecule has 1 aromatic carbocycles. The van der Waals surface area contributed by atoms with Gasteiger partial charge in [0, 0.05) is 17.6 Å². The zero-order valence-corrected chi connectivity index (χ0v) is 11.9. The number of benzene rings is 1. The molecule has 18 heavy (non-hydrogen) atoms. The van der Waals surface area contributed by atoms with Gasteiger partial charge in [-0.15, -0.1) is 0 Å². The predicted octanol–water partition coefficient (Wildman–Crippen LogP) is 3.56. The minimum atomic E-state index is -0.0595. The van der Waals surface area contributed by atoms with E-state index >= 15 is 0 Å². The molecule has 1 amide bonds. The fourth-order valence-electron chi connectivity index (χ4n) is 2.30. The lowest BCUT2D eigenvalue weighted by Crippen LogP contribution is -2.33. The number of nitrogens with zero attached hydrogens (tertiary/aromatic N) is 1. The fraction of sp³-hybridized carbons (Fsp3) is 0.500. The molecule has 2 rings (SSSR count). The van der Waals surface area contributed by atoms with Crippen LogP contribution in [0.25, 0.3) is 0 Å². The molecule has 1 saturated heterocycles. The van der Waals surface area contributed by atoms with Gasteiger partial charge in [0.25, 0.3) is 5.91 Å². The molecule has 1 aliphatic heterocycles. The maximum absolute atomic E-state index is 12.4. The van der Waals surface area contributed by atoms with E-state index in [1.54, 1.807) is 18.2 Å². The van der Waals surface area contributed by atoms with Crippen molar-refractivity contribution in [2.24, 2.45) is 0 Å². The van der Waals surface area contributed by atoms with Gasteiger partial charge in [0.05, 0.1) is 5.56 Å². The van der Waals surface area contributed by atoms with Crippen LogP contribution in [0.15, 0.2) is 22.7 Å². The second-order valence-electron chi connectivity index (χ2n) is 4.72. The lowest BCUT2D eigenvalue weighted by Gasteiger charge is -2.25. The van der Waals surface area contributed by atoms with Gasteiger partial charge < -0.3 is 10.0 Å². The molecule has 1 aliphatic rings. The van der Waals surface area contributed by atoms with Crippen LogP contribution in [0, 0.1) is 0 Å². The van der Waals surface area contributed by atoms with Crippen molar-refractivity contribution >= 4 is 21.8 Å².